The Morgan fingerprint density at radius 2 is 2.25 bits per heavy atom. The number of carbonyl (C=O) groups excluding carboxylic acids is 1. The van der Waals surface area contributed by atoms with Crippen molar-refractivity contribution in [2.45, 2.75) is 12.8 Å². The van der Waals surface area contributed by atoms with Crippen molar-refractivity contribution in [1.29, 1.82) is 0 Å². The molecule has 0 aliphatic carbocycles. The molecule has 1 aromatic carbocycles. The number of methoxy groups -OCH3 is 1. The van der Waals surface area contributed by atoms with Crippen LogP contribution in [-0.4, -0.2) is 55.3 Å². The summed E-state index contributed by atoms with van der Waals surface area (Å²) in [4.78, 5) is 25.3. The van der Waals surface area contributed by atoms with E-state index in [0.717, 1.165) is 29.9 Å². The van der Waals surface area contributed by atoms with E-state index in [2.05, 4.69) is 20.6 Å². The highest BCUT2D eigenvalue weighted by Crippen LogP contribution is 2.38. The molecule has 3 heterocycles. The van der Waals surface area contributed by atoms with Gasteiger partial charge in [0, 0.05) is 43.8 Å². The monoisotopic (exact) mass is 454 g/mol. The van der Waals surface area contributed by atoms with Gasteiger partial charge in [-0.25, -0.2) is 4.98 Å². The fourth-order valence-electron chi connectivity index (χ4n) is 3.60. The van der Waals surface area contributed by atoms with Gasteiger partial charge in [0.15, 0.2) is 11.4 Å². The highest BCUT2D eigenvalue weighted by Gasteiger charge is 2.31. The van der Waals surface area contributed by atoms with Crippen molar-refractivity contribution in [2.75, 3.05) is 49.4 Å². The van der Waals surface area contributed by atoms with Crippen molar-refractivity contribution >= 4 is 33.8 Å². The molecule has 1 amide bonds. The smallest absolute Gasteiger partial charge is 0.275 e. The van der Waals surface area contributed by atoms with Crippen LogP contribution in [0.15, 0.2) is 42.0 Å². The molecule has 1 unspecified atom stereocenters. The van der Waals surface area contributed by atoms with Crippen LogP contribution in [-0.2, 0) is 6.54 Å². The first-order valence-corrected chi connectivity index (χ1v) is 11.1. The molecule has 0 fully saturated rings. The number of anilines is 3. The SMILES string of the molecule is CNCCN(C)c1ccncc1NC(=O)c1csc(N2Cc3ccc(OC)cc3C2O)n1. The van der Waals surface area contributed by atoms with Crippen molar-refractivity contribution < 1.29 is 14.6 Å². The van der Waals surface area contributed by atoms with E-state index in [-0.39, 0.29) is 5.91 Å². The number of pyridine rings is 1. The summed E-state index contributed by atoms with van der Waals surface area (Å²) >= 11 is 1.32. The number of aliphatic hydroxyl groups is 1. The lowest BCUT2D eigenvalue weighted by Gasteiger charge is -2.22. The Balaban J connectivity index is 1.49. The standard InChI is InChI=1S/C22H26N6O3S/c1-23-8-9-27(2)19-6-7-24-11-17(19)25-20(29)18-13-32-22(26-18)28-12-14-4-5-15(31-3)10-16(14)21(28)30/h4-7,10-11,13,21,23,30H,8-9,12H2,1-3H3,(H,25,29). The van der Waals surface area contributed by atoms with Crippen LogP contribution < -0.4 is 25.2 Å². The average Bonchev–Trinajstić information content (AvgIpc) is 3.42. The summed E-state index contributed by atoms with van der Waals surface area (Å²) < 4.78 is 5.26. The number of hydrogen-bond donors (Lipinski definition) is 3. The fraction of sp³-hybridized carbons (Fsp3) is 0.318. The number of benzene rings is 1. The lowest BCUT2D eigenvalue weighted by Crippen LogP contribution is -2.28. The summed E-state index contributed by atoms with van der Waals surface area (Å²) in [5.41, 5.74) is 3.57. The van der Waals surface area contributed by atoms with E-state index >= 15 is 0 Å². The Hall–Kier alpha value is -3.21. The summed E-state index contributed by atoms with van der Waals surface area (Å²) in [6.07, 6.45) is 2.49. The number of carbonyl (C=O) groups is 1. The fourth-order valence-corrected chi connectivity index (χ4v) is 4.43. The molecular weight excluding hydrogens is 428 g/mol. The number of aliphatic hydroxyl groups excluding tert-OH is 1. The number of ether oxygens (including phenoxy) is 1. The van der Waals surface area contributed by atoms with Gasteiger partial charge in [0.2, 0.25) is 0 Å². The van der Waals surface area contributed by atoms with E-state index in [1.807, 2.05) is 43.3 Å². The zero-order chi connectivity index (χ0) is 22.7. The highest BCUT2D eigenvalue weighted by molar-refractivity contribution is 7.14. The number of nitrogens with one attached hydrogen (secondary N) is 2. The Labute approximate surface area is 190 Å². The van der Waals surface area contributed by atoms with Crippen LogP contribution >= 0.6 is 11.3 Å². The molecule has 9 nitrogen and oxygen atoms in total. The van der Waals surface area contributed by atoms with Gasteiger partial charge in [-0.2, -0.15) is 0 Å². The summed E-state index contributed by atoms with van der Waals surface area (Å²) in [6.45, 7) is 2.11. The summed E-state index contributed by atoms with van der Waals surface area (Å²) in [5.74, 6) is 0.368. The van der Waals surface area contributed by atoms with E-state index < -0.39 is 6.23 Å². The molecule has 1 atom stereocenters. The van der Waals surface area contributed by atoms with Crippen molar-refractivity contribution in [1.82, 2.24) is 15.3 Å². The van der Waals surface area contributed by atoms with Gasteiger partial charge in [0.25, 0.3) is 5.91 Å². The van der Waals surface area contributed by atoms with Gasteiger partial charge >= 0.3 is 0 Å². The molecule has 1 aliphatic rings. The maximum Gasteiger partial charge on any atom is 0.275 e. The maximum atomic E-state index is 12.9. The summed E-state index contributed by atoms with van der Waals surface area (Å²) in [7, 11) is 5.46. The molecule has 10 heteroatoms. The van der Waals surface area contributed by atoms with Crippen LogP contribution in [0.3, 0.4) is 0 Å². The lowest BCUT2D eigenvalue weighted by atomic mass is 10.1. The topological polar surface area (TPSA) is 103 Å². The van der Waals surface area contributed by atoms with Crippen molar-refractivity contribution in [3.8, 4) is 5.75 Å². The number of rotatable bonds is 8. The summed E-state index contributed by atoms with van der Waals surface area (Å²) in [6, 6.07) is 7.50. The van der Waals surface area contributed by atoms with E-state index in [0.29, 0.717) is 28.8 Å². The molecule has 1 aliphatic heterocycles. The number of thiazole rings is 1. The Bertz CT molecular complexity index is 1100. The molecule has 4 rings (SSSR count). The highest BCUT2D eigenvalue weighted by atomic mass is 32.1. The van der Waals surface area contributed by atoms with Crippen LogP contribution in [0.1, 0.15) is 27.8 Å². The normalized spacial score (nSPS) is 14.9. The minimum absolute atomic E-state index is 0.290. The third-order valence-electron chi connectivity index (χ3n) is 5.39. The van der Waals surface area contributed by atoms with Gasteiger partial charge in [0.1, 0.15) is 11.4 Å². The molecule has 0 spiro atoms. The van der Waals surface area contributed by atoms with Crippen LogP contribution in [0, 0.1) is 0 Å². The number of fused-ring (bicyclic) bond motifs is 1. The molecule has 32 heavy (non-hydrogen) atoms. The van der Waals surface area contributed by atoms with Crippen LogP contribution in [0.5, 0.6) is 5.75 Å². The molecule has 168 valence electrons. The number of nitrogens with zero attached hydrogens (tertiary/aromatic N) is 4. The van der Waals surface area contributed by atoms with E-state index in [1.54, 1.807) is 29.8 Å². The van der Waals surface area contributed by atoms with Gasteiger partial charge in [-0.15, -0.1) is 11.3 Å². The van der Waals surface area contributed by atoms with Crippen LogP contribution in [0.4, 0.5) is 16.5 Å². The number of aromatic nitrogens is 2. The molecule has 3 N–H and O–H groups in total. The third kappa shape index (κ3) is 4.38. The Morgan fingerprint density at radius 3 is 3.03 bits per heavy atom. The van der Waals surface area contributed by atoms with Gasteiger partial charge < -0.3 is 30.3 Å². The average molecular weight is 455 g/mol. The second kappa shape index (κ2) is 9.51. The van der Waals surface area contributed by atoms with Gasteiger partial charge in [-0.05, 0) is 30.8 Å². The molecule has 0 saturated carbocycles. The van der Waals surface area contributed by atoms with E-state index in [4.69, 9.17) is 4.74 Å². The molecule has 0 saturated heterocycles. The zero-order valence-electron chi connectivity index (χ0n) is 18.2. The Kier molecular flexibility index (Phi) is 6.54. The predicted molar refractivity (Wildman–Crippen MR) is 126 cm³/mol. The first kappa shape index (κ1) is 22.0. The second-order valence-corrected chi connectivity index (χ2v) is 8.29. The number of likely N-dealkylation sites (N-methyl/N-ethyl adjacent to an activating group) is 2. The number of hydrogen-bond acceptors (Lipinski definition) is 9. The Morgan fingerprint density at radius 1 is 1.41 bits per heavy atom. The first-order chi connectivity index (χ1) is 15.5. The largest absolute Gasteiger partial charge is 0.497 e. The van der Waals surface area contributed by atoms with Gasteiger partial charge in [-0.1, -0.05) is 6.07 Å². The quantitative estimate of drug-likeness (QED) is 0.477. The molecule has 3 aromatic rings. The van der Waals surface area contributed by atoms with Crippen molar-refractivity contribution in [3.63, 3.8) is 0 Å². The maximum absolute atomic E-state index is 12.9. The zero-order valence-corrected chi connectivity index (χ0v) is 19.0. The minimum Gasteiger partial charge on any atom is -0.497 e. The van der Waals surface area contributed by atoms with Crippen molar-refractivity contribution in [3.05, 3.63) is 58.9 Å². The number of amides is 1. The predicted octanol–water partition coefficient (Wildman–Crippen LogP) is 2.47. The van der Waals surface area contributed by atoms with Gasteiger partial charge in [0.05, 0.1) is 24.7 Å². The van der Waals surface area contributed by atoms with Crippen LogP contribution in [0.2, 0.25) is 0 Å². The van der Waals surface area contributed by atoms with E-state index in [9.17, 15) is 9.90 Å². The van der Waals surface area contributed by atoms with E-state index in [1.165, 1.54) is 11.3 Å². The second-order valence-electron chi connectivity index (χ2n) is 7.45. The lowest BCUT2D eigenvalue weighted by molar-refractivity contribution is 0.102. The van der Waals surface area contributed by atoms with Crippen molar-refractivity contribution in [2.24, 2.45) is 0 Å². The molecule has 0 bridgehead atoms. The summed E-state index contributed by atoms with van der Waals surface area (Å²) in [5, 5.41) is 19.1. The van der Waals surface area contributed by atoms with Crippen LogP contribution in [0.25, 0.3) is 0 Å². The molecular formula is C22H26N6O3S. The minimum atomic E-state index is -0.840. The van der Waals surface area contributed by atoms with Gasteiger partial charge in [-0.3, -0.25) is 9.78 Å². The molecule has 2 aromatic heterocycles. The molecule has 0 radical (unpaired) electrons. The third-order valence-corrected chi connectivity index (χ3v) is 6.27. The first-order valence-electron chi connectivity index (χ1n) is 10.2.